The number of likely N-dealkylation sites (tertiary alicyclic amines) is 1. The van der Waals surface area contributed by atoms with Gasteiger partial charge in [-0.2, -0.15) is 0 Å². The van der Waals surface area contributed by atoms with Gasteiger partial charge in [-0.15, -0.1) is 0 Å². The molecule has 0 spiro atoms. The van der Waals surface area contributed by atoms with Gasteiger partial charge in [-0.05, 0) is 25.7 Å². The summed E-state index contributed by atoms with van der Waals surface area (Å²) in [4.78, 5) is 21.6. The molecule has 5 heteroatoms. The van der Waals surface area contributed by atoms with Gasteiger partial charge in [-0.25, -0.2) is 4.98 Å². The predicted octanol–water partition coefficient (Wildman–Crippen LogP) is 1.99. The van der Waals surface area contributed by atoms with Gasteiger partial charge in [0.15, 0.2) is 0 Å². The van der Waals surface area contributed by atoms with Gasteiger partial charge in [-0.3, -0.25) is 4.79 Å². The fourth-order valence-electron chi connectivity index (χ4n) is 3.58. The standard InChI is InChI=1S/C16H26N4O/c1-12-17-8-15(19-12)9-18-14-7-16(21)20(11-14)10-13-5-3-2-4-6-13/h8,13-14,18H,2-7,9-11H2,1H3,(H,17,19). The van der Waals surface area contributed by atoms with Gasteiger partial charge >= 0.3 is 0 Å². The third-order valence-electron chi connectivity index (χ3n) is 4.75. The van der Waals surface area contributed by atoms with E-state index in [0.717, 1.165) is 37.1 Å². The fourth-order valence-corrected chi connectivity index (χ4v) is 3.58. The Morgan fingerprint density at radius 1 is 1.38 bits per heavy atom. The highest BCUT2D eigenvalue weighted by Crippen LogP contribution is 2.26. The Morgan fingerprint density at radius 2 is 2.19 bits per heavy atom. The van der Waals surface area contributed by atoms with Crippen LogP contribution in [0.25, 0.3) is 0 Å². The summed E-state index contributed by atoms with van der Waals surface area (Å²) in [6, 6.07) is 0.282. The second-order valence-electron chi connectivity index (χ2n) is 6.58. The Balaban J connectivity index is 1.45. The fraction of sp³-hybridized carbons (Fsp3) is 0.750. The number of carbonyl (C=O) groups is 1. The lowest BCUT2D eigenvalue weighted by Gasteiger charge is -2.27. The van der Waals surface area contributed by atoms with E-state index >= 15 is 0 Å². The molecular formula is C16H26N4O. The maximum Gasteiger partial charge on any atom is 0.224 e. The number of rotatable bonds is 5. The van der Waals surface area contributed by atoms with Crippen molar-refractivity contribution in [3.8, 4) is 0 Å². The molecule has 1 aliphatic carbocycles. The monoisotopic (exact) mass is 290 g/mol. The van der Waals surface area contributed by atoms with Crippen LogP contribution in [0.15, 0.2) is 6.20 Å². The summed E-state index contributed by atoms with van der Waals surface area (Å²) in [6.07, 6.45) is 9.16. The normalized spacial score (nSPS) is 24.0. The molecule has 116 valence electrons. The second kappa shape index (κ2) is 6.60. The van der Waals surface area contributed by atoms with Crippen LogP contribution in [0, 0.1) is 12.8 Å². The number of carbonyl (C=O) groups excluding carboxylic acids is 1. The molecule has 1 amide bonds. The van der Waals surface area contributed by atoms with Crippen LogP contribution in [0.2, 0.25) is 0 Å². The summed E-state index contributed by atoms with van der Waals surface area (Å²) in [7, 11) is 0. The molecule has 1 aromatic rings. The minimum Gasteiger partial charge on any atom is -0.345 e. The van der Waals surface area contributed by atoms with Gasteiger partial charge in [0.05, 0.1) is 0 Å². The zero-order chi connectivity index (χ0) is 14.7. The maximum absolute atomic E-state index is 12.1. The molecule has 1 aromatic heterocycles. The molecule has 2 fully saturated rings. The van der Waals surface area contributed by atoms with Gasteiger partial charge in [0.1, 0.15) is 5.82 Å². The summed E-state index contributed by atoms with van der Waals surface area (Å²) in [6.45, 7) is 4.55. The first-order chi connectivity index (χ1) is 10.2. The number of amides is 1. The topological polar surface area (TPSA) is 61.0 Å². The highest BCUT2D eigenvalue weighted by Gasteiger charge is 2.31. The first-order valence-corrected chi connectivity index (χ1v) is 8.22. The van der Waals surface area contributed by atoms with Gasteiger partial charge in [0.25, 0.3) is 0 Å². The van der Waals surface area contributed by atoms with Crippen molar-refractivity contribution in [1.29, 1.82) is 0 Å². The van der Waals surface area contributed by atoms with E-state index in [1.807, 2.05) is 13.1 Å². The lowest BCUT2D eigenvalue weighted by molar-refractivity contribution is -0.128. The molecule has 3 rings (SSSR count). The van der Waals surface area contributed by atoms with Crippen LogP contribution in [-0.2, 0) is 11.3 Å². The van der Waals surface area contributed by atoms with E-state index in [-0.39, 0.29) is 6.04 Å². The van der Waals surface area contributed by atoms with Crippen LogP contribution in [0.3, 0.4) is 0 Å². The summed E-state index contributed by atoms with van der Waals surface area (Å²) in [5, 5.41) is 3.48. The SMILES string of the molecule is Cc1ncc(CNC2CC(=O)N(CC3CCCCC3)C2)[nH]1. The largest absolute Gasteiger partial charge is 0.345 e. The number of aromatic amines is 1. The summed E-state index contributed by atoms with van der Waals surface area (Å²) in [5.74, 6) is 1.99. The highest BCUT2D eigenvalue weighted by atomic mass is 16.2. The molecular weight excluding hydrogens is 264 g/mol. The van der Waals surface area contributed by atoms with Crippen molar-refractivity contribution in [2.45, 2.75) is 58.0 Å². The zero-order valence-electron chi connectivity index (χ0n) is 12.9. The summed E-state index contributed by atoms with van der Waals surface area (Å²) in [5.41, 5.74) is 1.09. The van der Waals surface area contributed by atoms with Crippen molar-refractivity contribution in [1.82, 2.24) is 20.2 Å². The van der Waals surface area contributed by atoms with Crippen LogP contribution >= 0.6 is 0 Å². The van der Waals surface area contributed by atoms with E-state index in [0.29, 0.717) is 12.3 Å². The lowest BCUT2D eigenvalue weighted by atomic mass is 9.89. The van der Waals surface area contributed by atoms with Crippen molar-refractivity contribution >= 4 is 5.91 Å². The third kappa shape index (κ3) is 3.84. The molecule has 1 saturated carbocycles. The van der Waals surface area contributed by atoms with E-state index < -0.39 is 0 Å². The van der Waals surface area contributed by atoms with Crippen molar-refractivity contribution < 1.29 is 4.79 Å². The van der Waals surface area contributed by atoms with E-state index in [2.05, 4.69) is 20.2 Å². The van der Waals surface area contributed by atoms with Gasteiger partial charge in [0, 0.05) is 44.0 Å². The average molecular weight is 290 g/mol. The average Bonchev–Trinajstić information content (AvgIpc) is 3.04. The van der Waals surface area contributed by atoms with E-state index in [1.165, 1.54) is 32.1 Å². The molecule has 1 unspecified atom stereocenters. The zero-order valence-corrected chi connectivity index (χ0v) is 12.9. The Bertz CT molecular complexity index is 478. The predicted molar refractivity (Wildman–Crippen MR) is 81.7 cm³/mol. The Morgan fingerprint density at radius 3 is 2.90 bits per heavy atom. The molecule has 5 nitrogen and oxygen atoms in total. The first-order valence-electron chi connectivity index (χ1n) is 8.22. The quantitative estimate of drug-likeness (QED) is 0.872. The Kier molecular flexibility index (Phi) is 4.58. The lowest BCUT2D eigenvalue weighted by Crippen LogP contribution is -2.35. The number of nitrogens with one attached hydrogen (secondary N) is 2. The smallest absolute Gasteiger partial charge is 0.224 e. The molecule has 0 radical (unpaired) electrons. The van der Waals surface area contributed by atoms with Crippen LogP contribution < -0.4 is 5.32 Å². The molecule has 1 aliphatic heterocycles. The van der Waals surface area contributed by atoms with Crippen LogP contribution in [-0.4, -0.2) is 39.9 Å². The summed E-state index contributed by atoms with van der Waals surface area (Å²) >= 11 is 0. The number of H-pyrrole nitrogens is 1. The maximum atomic E-state index is 12.1. The molecule has 21 heavy (non-hydrogen) atoms. The number of hydrogen-bond acceptors (Lipinski definition) is 3. The molecule has 2 N–H and O–H groups in total. The molecule has 2 heterocycles. The Hall–Kier alpha value is -1.36. The van der Waals surface area contributed by atoms with Gasteiger partial charge in [-0.1, -0.05) is 19.3 Å². The second-order valence-corrected chi connectivity index (χ2v) is 6.58. The molecule has 1 atom stereocenters. The number of hydrogen-bond donors (Lipinski definition) is 2. The number of aromatic nitrogens is 2. The minimum atomic E-state index is 0.282. The minimum absolute atomic E-state index is 0.282. The van der Waals surface area contributed by atoms with Crippen molar-refractivity contribution in [2.24, 2.45) is 5.92 Å². The van der Waals surface area contributed by atoms with Crippen molar-refractivity contribution in [3.05, 3.63) is 17.7 Å². The van der Waals surface area contributed by atoms with Gasteiger partial charge < -0.3 is 15.2 Å². The molecule has 2 aliphatic rings. The van der Waals surface area contributed by atoms with E-state index in [1.54, 1.807) is 0 Å². The van der Waals surface area contributed by atoms with E-state index in [9.17, 15) is 4.79 Å². The Labute approximate surface area is 126 Å². The molecule has 0 aromatic carbocycles. The highest BCUT2D eigenvalue weighted by molar-refractivity contribution is 5.79. The van der Waals surface area contributed by atoms with Gasteiger partial charge in [0.2, 0.25) is 5.91 Å². The third-order valence-corrected chi connectivity index (χ3v) is 4.75. The number of aryl methyl sites for hydroxylation is 1. The van der Waals surface area contributed by atoms with E-state index in [4.69, 9.17) is 0 Å². The number of nitrogens with zero attached hydrogens (tertiary/aromatic N) is 2. The van der Waals surface area contributed by atoms with Crippen molar-refractivity contribution in [2.75, 3.05) is 13.1 Å². The molecule has 1 saturated heterocycles. The first kappa shape index (κ1) is 14.6. The van der Waals surface area contributed by atoms with Crippen LogP contribution in [0.4, 0.5) is 0 Å². The van der Waals surface area contributed by atoms with Crippen LogP contribution in [0.5, 0.6) is 0 Å². The molecule has 0 bridgehead atoms. The number of imidazole rings is 1. The van der Waals surface area contributed by atoms with Crippen molar-refractivity contribution in [3.63, 3.8) is 0 Å². The summed E-state index contributed by atoms with van der Waals surface area (Å²) < 4.78 is 0. The van der Waals surface area contributed by atoms with Crippen LogP contribution in [0.1, 0.15) is 50.0 Å².